The molecule has 0 saturated heterocycles. The highest BCUT2D eigenvalue weighted by Gasteiger charge is 2.17. The van der Waals surface area contributed by atoms with Gasteiger partial charge in [0.15, 0.2) is 0 Å². The molecule has 23 heavy (non-hydrogen) atoms. The van der Waals surface area contributed by atoms with E-state index in [4.69, 9.17) is 39.2 Å². The average molecular weight is 383 g/mol. The molecule has 126 valence electrons. The summed E-state index contributed by atoms with van der Waals surface area (Å²) in [4.78, 5) is 7.61. The molecule has 0 aliphatic carbocycles. The van der Waals surface area contributed by atoms with Crippen molar-refractivity contribution in [1.29, 1.82) is 0 Å². The lowest BCUT2D eigenvalue weighted by molar-refractivity contribution is 0.477. The molecule has 2 rings (SSSR count). The van der Waals surface area contributed by atoms with Crippen LogP contribution in [0.5, 0.6) is 0 Å². The summed E-state index contributed by atoms with van der Waals surface area (Å²) in [5.74, 6) is -0.0126. The number of rotatable bonds is 2. The van der Waals surface area contributed by atoms with Crippen molar-refractivity contribution in [2.24, 2.45) is 0 Å². The van der Waals surface area contributed by atoms with Gasteiger partial charge in [0.2, 0.25) is 5.95 Å². The van der Waals surface area contributed by atoms with Crippen LogP contribution in [0.25, 0.3) is 11.1 Å². The summed E-state index contributed by atoms with van der Waals surface area (Å²) in [6.45, 7) is -0.824. The molecule has 0 saturated carbocycles. The van der Waals surface area contributed by atoms with Gasteiger partial charge in [0.25, 0.3) is 10.1 Å². The minimum Gasteiger partial charge on any atom is -0.383 e. The Hall–Kier alpha value is -1.68. The van der Waals surface area contributed by atoms with Crippen molar-refractivity contribution < 1.29 is 17.4 Å². The van der Waals surface area contributed by atoms with Crippen molar-refractivity contribution in [3.05, 3.63) is 33.9 Å². The van der Waals surface area contributed by atoms with E-state index < -0.39 is 16.8 Å². The topological polar surface area (TPSA) is 132 Å². The number of nitrogen functional groups attached to an aromatic ring is 2. The molecule has 1 heterocycles. The number of nitrogens with zero attached hydrogens (tertiary/aromatic N) is 2. The third kappa shape index (κ3) is 5.79. The van der Waals surface area contributed by atoms with E-state index in [1.807, 2.05) is 0 Å². The van der Waals surface area contributed by atoms with Gasteiger partial charge in [-0.2, -0.15) is 13.4 Å². The van der Waals surface area contributed by atoms with E-state index in [1.165, 1.54) is 0 Å². The number of alkyl halides is 1. The van der Waals surface area contributed by atoms with Crippen molar-refractivity contribution in [1.82, 2.24) is 9.97 Å². The fourth-order valence-corrected chi connectivity index (χ4v) is 2.03. The maximum atomic E-state index is 13.0. The standard InChI is InChI=1S/C11H9Cl2FN4.CH4O3S/c12-6-3-1-2-5(9(6)13)8-7(4-14)17-11(16)18-10(8)15;1-5(2,3)4/h1-3H,4H2,(H4,15,16,17,18);1H3,(H,2,3,4). The highest BCUT2D eigenvalue weighted by atomic mass is 35.5. The van der Waals surface area contributed by atoms with Crippen molar-refractivity contribution in [3.63, 3.8) is 0 Å². The number of benzene rings is 1. The fraction of sp³-hybridized carbons (Fsp3) is 0.167. The highest BCUT2D eigenvalue weighted by Crippen LogP contribution is 2.37. The van der Waals surface area contributed by atoms with E-state index >= 15 is 0 Å². The van der Waals surface area contributed by atoms with Gasteiger partial charge in [0.1, 0.15) is 12.5 Å². The third-order valence-corrected chi connectivity index (χ3v) is 3.20. The van der Waals surface area contributed by atoms with Gasteiger partial charge in [0.05, 0.1) is 22.0 Å². The molecule has 11 heteroatoms. The monoisotopic (exact) mass is 382 g/mol. The zero-order valence-electron chi connectivity index (χ0n) is 11.8. The van der Waals surface area contributed by atoms with Crippen LogP contribution in [0.1, 0.15) is 5.69 Å². The molecule has 0 unspecified atom stereocenters. The molecule has 0 bridgehead atoms. The summed E-state index contributed by atoms with van der Waals surface area (Å²) in [6.07, 6.45) is 0.715. The molecular formula is C12H13Cl2FN4O3S. The van der Waals surface area contributed by atoms with Gasteiger partial charge in [-0.05, 0) is 6.07 Å². The van der Waals surface area contributed by atoms with Crippen LogP contribution in [0, 0.1) is 0 Å². The summed E-state index contributed by atoms with van der Waals surface area (Å²) in [6, 6.07) is 4.97. The molecule has 5 N–H and O–H groups in total. The minimum absolute atomic E-state index is 0.0688. The summed E-state index contributed by atoms with van der Waals surface area (Å²) < 4.78 is 38.9. The second-order valence-corrected chi connectivity index (χ2v) is 6.51. The van der Waals surface area contributed by atoms with Crippen LogP contribution in [0.4, 0.5) is 16.2 Å². The van der Waals surface area contributed by atoms with Crippen LogP contribution < -0.4 is 11.5 Å². The number of hydrogen-bond acceptors (Lipinski definition) is 6. The molecule has 0 spiro atoms. The average Bonchev–Trinajstić information content (AvgIpc) is 2.40. The van der Waals surface area contributed by atoms with Gasteiger partial charge in [-0.1, -0.05) is 35.3 Å². The molecule has 0 atom stereocenters. The van der Waals surface area contributed by atoms with E-state index in [1.54, 1.807) is 18.2 Å². The largest absolute Gasteiger partial charge is 0.383 e. The van der Waals surface area contributed by atoms with Gasteiger partial charge in [0, 0.05) is 11.1 Å². The zero-order chi connectivity index (χ0) is 17.8. The number of anilines is 2. The maximum absolute atomic E-state index is 13.0. The van der Waals surface area contributed by atoms with Crippen molar-refractivity contribution >= 4 is 45.1 Å². The Morgan fingerprint density at radius 3 is 2.35 bits per heavy atom. The number of hydrogen-bond donors (Lipinski definition) is 3. The molecule has 0 fully saturated rings. The van der Waals surface area contributed by atoms with Crippen LogP contribution in [-0.2, 0) is 16.8 Å². The van der Waals surface area contributed by atoms with Crippen LogP contribution in [0.2, 0.25) is 10.0 Å². The van der Waals surface area contributed by atoms with Crippen LogP contribution in [0.15, 0.2) is 18.2 Å². The van der Waals surface area contributed by atoms with Crippen molar-refractivity contribution in [2.75, 3.05) is 17.7 Å². The molecular weight excluding hydrogens is 370 g/mol. The smallest absolute Gasteiger partial charge is 0.261 e. The lowest BCUT2D eigenvalue weighted by Crippen LogP contribution is -2.06. The number of nitrogens with two attached hydrogens (primary N) is 2. The van der Waals surface area contributed by atoms with Gasteiger partial charge in [-0.3, -0.25) is 4.55 Å². The van der Waals surface area contributed by atoms with Crippen molar-refractivity contribution in [2.45, 2.75) is 6.67 Å². The quantitative estimate of drug-likeness (QED) is 0.679. The lowest BCUT2D eigenvalue weighted by Gasteiger charge is -2.11. The van der Waals surface area contributed by atoms with Gasteiger partial charge >= 0.3 is 0 Å². The summed E-state index contributed by atoms with van der Waals surface area (Å²) >= 11 is 12.0. The zero-order valence-corrected chi connectivity index (χ0v) is 14.1. The molecule has 0 radical (unpaired) electrons. The van der Waals surface area contributed by atoms with Crippen LogP contribution >= 0.6 is 23.2 Å². The maximum Gasteiger partial charge on any atom is 0.261 e. The molecule has 1 aromatic carbocycles. The van der Waals surface area contributed by atoms with Crippen molar-refractivity contribution in [3.8, 4) is 11.1 Å². The molecule has 0 amide bonds. The molecule has 7 nitrogen and oxygen atoms in total. The Bertz CT molecular complexity index is 810. The summed E-state index contributed by atoms with van der Waals surface area (Å²) in [7, 11) is -3.67. The third-order valence-electron chi connectivity index (χ3n) is 2.38. The predicted octanol–water partition coefficient (Wildman–Crippen LogP) is 2.59. The van der Waals surface area contributed by atoms with Gasteiger partial charge in [-0.25, -0.2) is 9.37 Å². The summed E-state index contributed by atoms with van der Waals surface area (Å²) in [5, 5.41) is 0.615. The minimum atomic E-state index is -3.67. The summed E-state index contributed by atoms with van der Waals surface area (Å²) in [5.41, 5.74) is 12.1. The first kappa shape index (κ1) is 19.4. The van der Waals surface area contributed by atoms with Gasteiger partial charge < -0.3 is 11.5 Å². The Balaban J connectivity index is 0.000000463. The first-order valence-electron chi connectivity index (χ1n) is 5.89. The van der Waals surface area contributed by atoms with E-state index in [2.05, 4.69) is 9.97 Å². The van der Waals surface area contributed by atoms with Crippen LogP contribution in [-0.4, -0.2) is 29.2 Å². The number of aromatic nitrogens is 2. The van der Waals surface area contributed by atoms with E-state index in [0.29, 0.717) is 22.4 Å². The van der Waals surface area contributed by atoms with Gasteiger partial charge in [-0.15, -0.1) is 0 Å². The molecule has 1 aromatic heterocycles. The lowest BCUT2D eigenvalue weighted by atomic mass is 10.0. The predicted molar refractivity (Wildman–Crippen MR) is 88.6 cm³/mol. The molecule has 0 aliphatic heterocycles. The first-order chi connectivity index (χ1) is 10.5. The second kappa shape index (κ2) is 7.73. The van der Waals surface area contributed by atoms with E-state index in [0.717, 1.165) is 0 Å². The van der Waals surface area contributed by atoms with E-state index in [-0.39, 0.29) is 22.5 Å². The molecule has 0 aliphatic rings. The Kier molecular flexibility index (Phi) is 6.51. The normalized spacial score (nSPS) is 10.8. The van der Waals surface area contributed by atoms with Crippen LogP contribution in [0.3, 0.4) is 0 Å². The number of halogens is 3. The molecule has 2 aromatic rings. The SMILES string of the molecule is CS(=O)(=O)O.Nc1nc(N)c(-c2cccc(Cl)c2Cl)c(CF)n1. The Morgan fingerprint density at radius 2 is 1.83 bits per heavy atom. The van der Waals surface area contributed by atoms with E-state index in [9.17, 15) is 12.8 Å². The first-order valence-corrected chi connectivity index (χ1v) is 8.49. The highest BCUT2D eigenvalue weighted by molar-refractivity contribution is 7.85. The Labute approximate surface area is 142 Å². The Morgan fingerprint density at radius 1 is 1.26 bits per heavy atom. The second-order valence-electron chi connectivity index (χ2n) is 4.26. The fourth-order valence-electron chi connectivity index (χ4n) is 1.63.